The minimum absolute atomic E-state index is 0.0653. The van der Waals surface area contributed by atoms with Crippen molar-refractivity contribution in [2.45, 2.75) is 13.0 Å². The Morgan fingerprint density at radius 2 is 2.07 bits per heavy atom. The molecule has 146 valence electrons. The monoisotopic (exact) mass is 391 g/mol. The molecule has 0 aliphatic carbocycles. The molecule has 10 nitrogen and oxygen atoms in total. The lowest BCUT2D eigenvalue weighted by molar-refractivity contribution is 0.128. The third kappa shape index (κ3) is 5.86. The molecule has 3 aromatic rings. The number of terminal acetylenes is 1. The lowest BCUT2D eigenvalue weighted by Crippen LogP contribution is -2.15. The van der Waals surface area contributed by atoms with E-state index < -0.39 is 6.09 Å². The second-order valence-electron chi connectivity index (χ2n) is 5.54. The molecule has 1 amide bonds. The predicted molar refractivity (Wildman–Crippen MR) is 104 cm³/mol. The number of aromatic amines is 1. The molecule has 1 aromatic carbocycles. The van der Waals surface area contributed by atoms with Gasteiger partial charge in [0.1, 0.15) is 12.4 Å². The Morgan fingerprint density at radius 1 is 1.21 bits per heavy atom. The topological polar surface area (TPSA) is 127 Å². The number of ether oxygens (including phenoxy) is 1. The number of amides is 1. The molecule has 0 unspecified atom stereocenters. The molecule has 0 atom stereocenters. The molecule has 0 bridgehead atoms. The first-order chi connectivity index (χ1) is 14.3. The number of benzene rings is 1. The standard InChI is InChI=1S/C19H17N7O3/c1-2-3-12-28-19(27)21-16-11-7-10-15(20-16)13-29-24-17(18-22-25-26-23-18)14-8-5-4-6-9-14/h1,4-11H,3,12-13H2,(H,20,21,27)(H,22,23,25,26). The van der Waals surface area contributed by atoms with E-state index in [-0.39, 0.29) is 13.2 Å². The van der Waals surface area contributed by atoms with Gasteiger partial charge in [0.25, 0.3) is 0 Å². The van der Waals surface area contributed by atoms with E-state index in [1.165, 1.54) is 0 Å². The van der Waals surface area contributed by atoms with Gasteiger partial charge in [-0.05, 0) is 17.3 Å². The number of H-pyrrole nitrogens is 1. The summed E-state index contributed by atoms with van der Waals surface area (Å²) in [5, 5.41) is 20.5. The largest absolute Gasteiger partial charge is 0.448 e. The quantitative estimate of drug-likeness (QED) is 0.261. The molecule has 0 fully saturated rings. The van der Waals surface area contributed by atoms with Gasteiger partial charge in [-0.1, -0.05) is 41.6 Å². The third-order valence-corrected chi connectivity index (χ3v) is 3.49. The van der Waals surface area contributed by atoms with Crippen molar-refractivity contribution in [3.63, 3.8) is 0 Å². The van der Waals surface area contributed by atoms with Gasteiger partial charge >= 0.3 is 6.09 Å². The van der Waals surface area contributed by atoms with Gasteiger partial charge in [0, 0.05) is 12.0 Å². The molecular weight excluding hydrogens is 374 g/mol. The zero-order valence-electron chi connectivity index (χ0n) is 15.3. The van der Waals surface area contributed by atoms with Gasteiger partial charge in [-0.25, -0.2) is 9.78 Å². The lowest BCUT2D eigenvalue weighted by Gasteiger charge is -2.07. The van der Waals surface area contributed by atoms with Crippen LogP contribution in [0.2, 0.25) is 0 Å². The van der Waals surface area contributed by atoms with Gasteiger partial charge in [-0.15, -0.1) is 22.5 Å². The van der Waals surface area contributed by atoms with E-state index in [2.05, 4.69) is 42.0 Å². The van der Waals surface area contributed by atoms with Crippen molar-refractivity contribution in [2.24, 2.45) is 5.16 Å². The number of carbonyl (C=O) groups excluding carboxylic acids is 1. The Hall–Kier alpha value is -4.26. The van der Waals surface area contributed by atoms with E-state index in [0.29, 0.717) is 29.5 Å². The summed E-state index contributed by atoms with van der Waals surface area (Å²) in [4.78, 5) is 21.4. The summed E-state index contributed by atoms with van der Waals surface area (Å²) in [6.45, 7) is 0.202. The van der Waals surface area contributed by atoms with Crippen LogP contribution in [0.5, 0.6) is 0 Å². The van der Waals surface area contributed by atoms with Crippen molar-refractivity contribution in [1.82, 2.24) is 25.6 Å². The summed E-state index contributed by atoms with van der Waals surface area (Å²) in [5.74, 6) is 3.01. The van der Waals surface area contributed by atoms with Crippen molar-refractivity contribution < 1.29 is 14.4 Å². The Labute approximate surface area is 166 Å². The Kier molecular flexibility index (Phi) is 6.84. The maximum absolute atomic E-state index is 11.7. The molecule has 2 heterocycles. The van der Waals surface area contributed by atoms with Crippen molar-refractivity contribution >= 4 is 17.6 Å². The van der Waals surface area contributed by atoms with E-state index in [1.54, 1.807) is 18.2 Å². The fraction of sp³-hybridized carbons (Fsp3) is 0.158. The van der Waals surface area contributed by atoms with E-state index >= 15 is 0 Å². The molecule has 0 radical (unpaired) electrons. The van der Waals surface area contributed by atoms with Crippen LogP contribution in [0.25, 0.3) is 0 Å². The average molecular weight is 391 g/mol. The number of nitrogens with zero attached hydrogens (tertiary/aromatic N) is 5. The molecular formula is C19H17N7O3. The first kappa shape index (κ1) is 19.5. The Morgan fingerprint density at radius 3 is 2.83 bits per heavy atom. The van der Waals surface area contributed by atoms with Crippen LogP contribution < -0.4 is 5.32 Å². The maximum atomic E-state index is 11.7. The zero-order valence-corrected chi connectivity index (χ0v) is 15.3. The molecule has 0 aliphatic heterocycles. The summed E-state index contributed by atoms with van der Waals surface area (Å²) in [6.07, 6.45) is 4.82. The fourth-order valence-electron chi connectivity index (χ4n) is 2.22. The number of nitrogens with one attached hydrogen (secondary N) is 2. The van der Waals surface area contributed by atoms with E-state index in [9.17, 15) is 4.79 Å². The van der Waals surface area contributed by atoms with Crippen LogP contribution in [-0.2, 0) is 16.2 Å². The van der Waals surface area contributed by atoms with Crippen LogP contribution in [0.4, 0.5) is 10.6 Å². The number of aromatic nitrogens is 5. The SMILES string of the molecule is C#CCCOC(=O)Nc1cccc(CON=C(c2ccccc2)c2nn[nH]n2)n1. The fourth-order valence-corrected chi connectivity index (χ4v) is 2.22. The normalized spacial score (nSPS) is 10.8. The number of oxime groups is 1. The third-order valence-electron chi connectivity index (χ3n) is 3.49. The molecule has 10 heteroatoms. The van der Waals surface area contributed by atoms with Crippen LogP contribution >= 0.6 is 0 Å². The van der Waals surface area contributed by atoms with Crippen molar-refractivity contribution in [3.05, 3.63) is 65.6 Å². The zero-order chi connectivity index (χ0) is 20.3. The van der Waals surface area contributed by atoms with Crippen molar-refractivity contribution in [1.29, 1.82) is 0 Å². The van der Waals surface area contributed by atoms with Crippen LogP contribution in [0, 0.1) is 12.3 Å². The van der Waals surface area contributed by atoms with Crippen LogP contribution in [0.1, 0.15) is 23.5 Å². The number of hydrogen-bond donors (Lipinski definition) is 2. The number of anilines is 1. The van der Waals surface area contributed by atoms with Gasteiger partial charge in [0.2, 0.25) is 5.82 Å². The smallest absolute Gasteiger partial charge is 0.412 e. The minimum Gasteiger partial charge on any atom is -0.448 e. The Balaban J connectivity index is 1.64. The summed E-state index contributed by atoms with van der Waals surface area (Å²) >= 11 is 0. The number of pyridine rings is 1. The van der Waals surface area contributed by atoms with Gasteiger partial charge in [0.05, 0.1) is 5.69 Å². The average Bonchev–Trinajstić information content (AvgIpc) is 3.27. The highest BCUT2D eigenvalue weighted by atomic mass is 16.6. The molecule has 29 heavy (non-hydrogen) atoms. The number of hydrogen-bond acceptors (Lipinski definition) is 8. The molecule has 0 spiro atoms. The van der Waals surface area contributed by atoms with Crippen LogP contribution in [-0.4, -0.2) is 44.0 Å². The second kappa shape index (κ2) is 10.2. The van der Waals surface area contributed by atoms with Crippen molar-refractivity contribution in [2.75, 3.05) is 11.9 Å². The van der Waals surface area contributed by atoms with E-state index in [0.717, 1.165) is 5.56 Å². The maximum Gasteiger partial charge on any atom is 0.412 e. The number of rotatable bonds is 8. The molecule has 0 aliphatic rings. The van der Waals surface area contributed by atoms with Crippen LogP contribution in [0.3, 0.4) is 0 Å². The van der Waals surface area contributed by atoms with Gasteiger partial charge < -0.3 is 9.57 Å². The second-order valence-corrected chi connectivity index (χ2v) is 5.54. The predicted octanol–water partition coefficient (Wildman–Crippen LogP) is 2.14. The highest BCUT2D eigenvalue weighted by Gasteiger charge is 2.13. The van der Waals surface area contributed by atoms with Crippen LogP contribution in [0.15, 0.2) is 53.7 Å². The van der Waals surface area contributed by atoms with Gasteiger partial charge in [-0.3, -0.25) is 5.32 Å². The highest BCUT2D eigenvalue weighted by molar-refractivity contribution is 6.10. The minimum atomic E-state index is -0.632. The van der Waals surface area contributed by atoms with Crippen molar-refractivity contribution in [3.8, 4) is 12.3 Å². The summed E-state index contributed by atoms with van der Waals surface area (Å²) in [5.41, 5.74) is 1.74. The molecule has 0 saturated carbocycles. The molecule has 0 saturated heterocycles. The molecule has 2 N–H and O–H groups in total. The van der Waals surface area contributed by atoms with Gasteiger partial charge in [-0.2, -0.15) is 5.21 Å². The first-order valence-electron chi connectivity index (χ1n) is 8.58. The number of tetrazole rings is 1. The lowest BCUT2D eigenvalue weighted by atomic mass is 10.1. The Bertz CT molecular complexity index is 998. The highest BCUT2D eigenvalue weighted by Crippen LogP contribution is 2.10. The van der Waals surface area contributed by atoms with E-state index in [1.807, 2.05) is 30.3 Å². The first-order valence-corrected chi connectivity index (χ1v) is 8.58. The summed E-state index contributed by atoms with van der Waals surface area (Å²) < 4.78 is 4.92. The van der Waals surface area contributed by atoms with E-state index in [4.69, 9.17) is 16.0 Å². The molecule has 2 aromatic heterocycles. The molecule has 3 rings (SSSR count). The number of carbonyl (C=O) groups is 1. The summed E-state index contributed by atoms with van der Waals surface area (Å²) in [7, 11) is 0. The summed E-state index contributed by atoms with van der Waals surface area (Å²) in [6, 6.07) is 14.4. The van der Waals surface area contributed by atoms with Gasteiger partial charge in [0.15, 0.2) is 12.3 Å².